The zero-order chi connectivity index (χ0) is 18.1. The molecule has 1 amide bonds. The Morgan fingerprint density at radius 3 is 2.48 bits per heavy atom. The van der Waals surface area contributed by atoms with Crippen LogP contribution in [0.4, 0.5) is 5.69 Å². The van der Waals surface area contributed by atoms with Gasteiger partial charge in [-0.15, -0.1) is 0 Å². The molecule has 1 saturated heterocycles. The van der Waals surface area contributed by atoms with Crippen molar-refractivity contribution in [3.8, 4) is 0 Å². The third-order valence-corrected chi connectivity index (χ3v) is 4.54. The van der Waals surface area contributed by atoms with Gasteiger partial charge >= 0.3 is 0 Å². The quantitative estimate of drug-likeness (QED) is 0.863. The second-order valence-corrected chi connectivity index (χ2v) is 6.73. The number of amides is 1. The lowest BCUT2D eigenvalue weighted by atomic mass is 10.1. The number of fused-ring (bicyclic) bond motifs is 1. The fourth-order valence-corrected chi connectivity index (χ4v) is 3.34. The molecule has 0 spiro atoms. The topological polar surface area (TPSA) is 71.8 Å². The molecule has 1 aromatic carbocycles. The summed E-state index contributed by atoms with van der Waals surface area (Å²) in [5, 5.41) is 3.64. The molecule has 6 nitrogen and oxygen atoms in total. The molecule has 1 fully saturated rings. The van der Waals surface area contributed by atoms with Crippen LogP contribution in [-0.4, -0.2) is 47.9 Å². The summed E-state index contributed by atoms with van der Waals surface area (Å²) in [6, 6.07) is 6.98. The number of anilines is 1. The zero-order valence-electron chi connectivity index (χ0n) is 15.0. The van der Waals surface area contributed by atoms with Gasteiger partial charge in [0, 0.05) is 25.4 Å². The van der Waals surface area contributed by atoms with E-state index >= 15 is 0 Å². The van der Waals surface area contributed by atoms with Crippen molar-refractivity contribution in [2.24, 2.45) is 0 Å². The highest BCUT2D eigenvalue weighted by molar-refractivity contribution is 6.11. The van der Waals surface area contributed by atoms with Gasteiger partial charge < -0.3 is 14.5 Å². The molecule has 1 aliphatic rings. The highest BCUT2D eigenvalue weighted by Gasteiger charge is 2.30. The number of morpholine rings is 1. The summed E-state index contributed by atoms with van der Waals surface area (Å²) < 4.78 is 11.4. The smallest absolute Gasteiger partial charge is 0.241 e. The Morgan fingerprint density at radius 1 is 1.20 bits per heavy atom. The molecule has 1 aliphatic heterocycles. The fourth-order valence-electron chi connectivity index (χ4n) is 3.34. The first-order valence-corrected chi connectivity index (χ1v) is 8.59. The molecule has 0 bridgehead atoms. The van der Waals surface area contributed by atoms with Gasteiger partial charge in [0.1, 0.15) is 5.58 Å². The van der Waals surface area contributed by atoms with Gasteiger partial charge in [-0.2, -0.15) is 0 Å². The molecule has 2 aromatic rings. The van der Waals surface area contributed by atoms with E-state index in [4.69, 9.17) is 9.15 Å². The van der Waals surface area contributed by atoms with Crippen molar-refractivity contribution in [1.29, 1.82) is 0 Å². The Kier molecular flexibility index (Phi) is 4.92. The van der Waals surface area contributed by atoms with Gasteiger partial charge in [0.25, 0.3) is 0 Å². The van der Waals surface area contributed by atoms with E-state index in [1.807, 2.05) is 39.0 Å². The summed E-state index contributed by atoms with van der Waals surface area (Å²) >= 11 is 0. The lowest BCUT2D eigenvalue weighted by Crippen LogP contribution is -2.52. The van der Waals surface area contributed by atoms with Crippen LogP contribution >= 0.6 is 0 Å². The van der Waals surface area contributed by atoms with Crippen LogP contribution in [0, 0.1) is 0 Å². The SMILES string of the molecule is CC(=O)c1oc2ccccc2c1NC(=O)C(C)N1CC(C)OC(C)C1. The average Bonchev–Trinajstić information content (AvgIpc) is 2.92. The van der Waals surface area contributed by atoms with Gasteiger partial charge in [-0.25, -0.2) is 0 Å². The molecule has 134 valence electrons. The van der Waals surface area contributed by atoms with Gasteiger partial charge in [0.2, 0.25) is 5.91 Å². The van der Waals surface area contributed by atoms with E-state index in [2.05, 4.69) is 10.2 Å². The third-order valence-electron chi connectivity index (χ3n) is 4.54. The van der Waals surface area contributed by atoms with Crippen LogP contribution in [-0.2, 0) is 9.53 Å². The molecule has 6 heteroatoms. The van der Waals surface area contributed by atoms with Crippen molar-refractivity contribution < 1.29 is 18.7 Å². The number of benzene rings is 1. The van der Waals surface area contributed by atoms with E-state index in [1.54, 1.807) is 6.07 Å². The Balaban J connectivity index is 1.84. The molecule has 1 aromatic heterocycles. The molecule has 2 heterocycles. The maximum atomic E-state index is 12.8. The Labute approximate surface area is 147 Å². The summed E-state index contributed by atoms with van der Waals surface area (Å²) in [6.45, 7) is 8.71. The molecular weight excluding hydrogens is 320 g/mol. The number of furan rings is 1. The third kappa shape index (κ3) is 3.60. The molecule has 3 unspecified atom stereocenters. The average molecular weight is 344 g/mol. The largest absolute Gasteiger partial charge is 0.451 e. The highest BCUT2D eigenvalue weighted by atomic mass is 16.5. The van der Waals surface area contributed by atoms with Gasteiger partial charge in [-0.1, -0.05) is 12.1 Å². The van der Waals surface area contributed by atoms with Crippen molar-refractivity contribution in [2.45, 2.75) is 45.9 Å². The minimum atomic E-state index is -0.331. The maximum absolute atomic E-state index is 12.8. The van der Waals surface area contributed by atoms with Gasteiger partial charge in [0.15, 0.2) is 11.5 Å². The van der Waals surface area contributed by atoms with Crippen LogP contribution in [0.3, 0.4) is 0 Å². The minimum absolute atomic E-state index is 0.0848. The zero-order valence-corrected chi connectivity index (χ0v) is 15.0. The first-order chi connectivity index (χ1) is 11.9. The van der Waals surface area contributed by atoms with Crippen LogP contribution in [0.25, 0.3) is 11.0 Å². The van der Waals surface area contributed by atoms with Gasteiger partial charge in [-0.05, 0) is 32.9 Å². The second-order valence-electron chi connectivity index (χ2n) is 6.73. The molecule has 0 saturated carbocycles. The van der Waals surface area contributed by atoms with E-state index in [-0.39, 0.29) is 35.7 Å². The molecule has 3 atom stereocenters. The molecule has 0 aliphatic carbocycles. The maximum Gasteiger partial charge on any atom is 0.241 e. The van der Waals surface area contributed by atoms with Crippen molar-refractivity contribution in [3.63, 3.8) is 0 Å². The molecular formula is C19H24N2O4. The number of ketones is 1. The van der Waals surface area contributed by atoms with Crippen LogP contribution in [0.15, 0.2) is 28.7 Å². The first kappa shape index (κ1) is 17.6. The Hall–Kier alpha value is -2.18. The molecule has 3 rings (SSSR count). The summed E-state index contributed by atoms with van der Waals surface area (Å²) in [5.41, 5.74) is 1.04. The Bertz CT molecular complexity index is 788. The van der Waals surface area contributed by atoms with E-state index < -0.39 is 0 Å². The fraction of sp³-hybridized carbons (Fsp3) is 0.474. The van der Waals surface area contributed by atoms with Gasteiger partial charge in [-0.3, -0.25) is 14.5 Å². The molecule has 1 N–H and O–H groups in total. The van der Waals surface area contributed by atoms with Crippen LogP contribution in [0.2, 0.25) is 0 Å². The Morgan fingerprint density at radius 2 is 1.84 bits per heavy atom. The first-order valence-electron chi connectivity index (χ1n) is 8.59. The van der Waals surface area contributed by atoms with E-state index in [9.17, 15) is 9.59 Å². The van der Waals surface area contributed by atoms with Gasteiger partial charge in [0.05, 0.1) is 23.9 Å². The number of ether oxygens (including phenoxy) is 1. The summed E-state index contributed by atoms with van der Waals surface area (Å²) in [6.07, 6.45) is 0.170. The van der Waals surface area contributed by atoms with Crippen LogP contribution in [0.1, 0.15) is 38.2 Å². The van der Waals surface area contributed by atoms with Crippen LogP contribution in [0.5, 0.6) is 0 Å². The summed E-state index contributed by atoms with van der Waals surface area (Å²) in [5.74, 6) is -0.186. The number of nitrogens with one attached hydrogen (secondary N) is 1. The van der Waals surface area contributed by atoms with Crippen molar-refractivity contribution in [2.75, 3.05) is 18.4 Å². The highest BCUT2D eigenvalue weighted by Crippen LogP contribution is 2.31. The summed E-state index contributed by atoms with van der Waals surface area (Å²) in [7, 11) is 0. The second kappa shape index (κ2) is 6.98. The lowest BCUT2D eigenvalue weighted by molar-refractivity contribution is -0.126. The predicted molar refractivity (Wildman–Crippen MR) is 95.9 cm³/mol. The normalized spacial score (nSPS) is 22.7. The lowest BCUT2D eigenvalue weighted by Gasteiger charge is -2.38. The number of nitrogens with zero attached hydrogens (tertiary/aromatic N) is 1. The number of Topliss-reactive ketones (excluding diaryl/α,β-unsaturated/α-hetero) is 1. The predicted octanol–water partition coefficient (Wildman–Crippen LogP) is 3.07. The van der Waals surface area contributed by atoms with E-state index in [0.717, 1.165) is 5.39 Å². The van der Waals surface area contributed by atoms with Crippen molar-refractivity contribution >= 4 is 28.3 Å². The number of hydrogen-bond donors (Lipinski definition) is 1. The number of carbonyl (C=O) groups is 2. The monoisotopic (exact) mass is 344 g/mol. The molecule has 25 heavy (non-hydrogen) atoms. The number of para-hydroxylation sites is 1. The summed E-state index contributed by atoms with van der Waals surface area (Å²) in [4.78, 5) is 26.8. The van der Waals surface area contributed by atoms with E-state index in [1.165, 1.54) is 6.92 Å². The number of carbonyl (C=O) groups excluding carboxylic acids is 2. The number of hydrogen-bond acceptors (Lipinski definition) is 5. The van der Waals surface area contributed by atoms with Crippen LogP contribution < -0.4 is 5.32 Å². The van der Waals surface area contributed by atoms with Crippen molar-refractivity contribution in [3.05, 3.63) is 30.0 Å². The van der Waals surface area contributed by atoms with E-state index in [0.29, 0.717) is 24.4 Å². The standard InChI is InChI=1S/C19H24N2O4/c1-11-9-21(10-12(2)24-11)13(3)19(23)20-17-15-7-5-6-8-16(15)25-18(17)14(4)22/h5-8,11-13H,9-10H2,1-4H3,(H,20,23). The van der Waals surface area contributed by atoms with Crippen molar-refractivity contribution in [1.82, 2.24) is 4.90 Å². The number of rotatable bonds is 4. The molecule has 0 radical (unpaired) electrons. The minimum Gasteiger partial charge on any atom is -0.451 e.